The van der Waals surface area contributed by atoms with E-state index >= 15 is 0 Å². The van der Waals surface area contributed by atoms with Gasteiger partial charge < -0.3 is 10.5 Å². The van der Waals surface area contributed by atoms with E-state index in [2.05, 4.69) is 15.9 Å². The van der Waals surface area contributed by atoms with Crippen molar-refractivity contribution >= 4 is 15.9 Å². The number of nitrogens with zero attached hydrogens (tertiary/aromatic N) is 1. The summed E-state index contributed by atoms with van der Waals surface area (Å²) in [6.07, 6.45) is 0. The molecule has 0 unspecified atom stereocenters. The van der Waals surface area contributed by atoms with E-state index in [0.717, 1.165) is 4.47 Å². The van der Waals surface area contributed by atoms with Gasteiger partial charge in [-0.25, -0.2) is 0 Å². The highest BCUT2D eigenvalue weighted by atomic mass is 79.9. The molecule has 68 valence electrons. The number of nitriles is 1. The van der Waals surface area contributed by atoms with E-state index in [1.807, 2.05) is 6.07 Å². The standard InChI is InChI=1S/C9H9BrN2O/c10-8-2-1-7(6-12)9(5-8)13-4-3-11/h1-2,5H,3-4,11H2. The van der Waals surface area contributed by atoms with Gasteiger partial charge in [-0.05, 0) is 18.2 Å². The number of halogens is 1. The molecule has 0 aliphatic heterocycles. The van der Waals surface area contributed by atoms with Crippen LogP contribution in [0, 0.1) is 11.3 Å². The molecule has 0 fully saturated rings. The largest absolute Gasteiger partial charge is 0.491 e. The maximum absolute atomic E-state index is 8.73. The van der Waals surface area contributed by atoms with Crippen LogP contribution < -0.4 is 10.5 Å². The molecule has 0 atom stereocenters. The molecular weight excluding hydrogens is 232 g/mol. The SMILES string of the molecule is N#Cc1ccc(Br)cc1OCCN. The van der Waals surface area contributed by atoms with Crippen LogP contribution in [-0.4, -0.2) is 13.2 Å². The molecule has 0 spiro atoms. The molecule has 0 saturated heterocycles. The second kappa shape index (κ2) is 4.85. The lowest BCUT2D eigenvalue weighted by Crippen LogP contribution is -2.11. The summed E-state index contributed by atoms with van der Waals surface area (Å²) in [5.41, 5.74) is 5.81. The van der Waals surface area contributed by atoms with Gasteiger partial charge in [0.1, 0.15) is 18.4 Å². The van der Waals surface area contributed by atoms with E-state index in [1.165, 1.54) is 0 Å². The van der Waals surface area contributed by atoms with Crippen LogP contribution in [0.15, 0.2) is 22.7 Å². The Morgan fingerprint density at radius 1 is 1.54 bits per heavy atom. The van der Waals surface area contributed by atoms with Crippen LogP contribution in [0.25, 0.3) is 0 Å². The fourth-order valence-electron chi connectivity index (χ4n) is 0.877. The van der Waals surface area contributed by atoms with Gasteiger partial charge in [-0.15, -0.1) is 0 Å². The number of ether oxygens (including phenoxy) is 1. The lowest BCUT2D eigenvalue weighted by Gasteiger charge is -2.06. The van der Waals surface area contributed by atoms with Crippen molar-refractivity contribution in [3.05, 3.63) is 28.2 Å². The van der Waals surface area contributed by atoms with Crippen molar-refractivity contribution in [3.8, 4) is 11.8 Å². The molecule has 13 heavy (non-hydrogen) atoms. The van der Waals surface area contributed by atoms with Crippen LogP contribution in [0.3, 0.4) is 0 Å². The second-order valence-corrected chi connectivity index (χ2v) is 3.31. The summed E-state index contributed by atoms with van der Waals surface area (Å²) in [4.78, 5) is 0. The Hall–Kier alpha value is -1.05. The first kappa shape index (κ1) is 10.0. The van der Waals surface area contributed by atoms with Gasteiger partial charge in [-0.1, -0.05) is 15.9 Å². The third kappa shape index (κ3) is 2.72. The monoisotopic (exact) mass is 240 g/mol. The highest BCUT2D eigenvalue weighted by Gasteiger charge is 2.02. The summed E-state index contributed by atoms with van der Waals surface area (Å²) in [6.45, 7) is 0.864. The Morgan fingerprint density at radius 2 is 2.31 bits per heavy atom. The van der Waals surface area contributed by atoms with E-state index in [0.29, 0.717) is 24.5 Å². The fourth-order valence-corrected chi connectivity index (χ4v) is 1.22. The maximum Gasteiger partial charge on any atom is 0.138 e. The van der Waals surface area contributed by atoms with Crippen LogP contribution in [0.1, 0.15) is 5.56 Å². The Labute approximate surface area is 85.2 Å². The van der Waals surface area contributed by atoms with Crippen molar-refractivity contribution in [2.75, 3.05) is 13.2 Å². The van der Waals surface area contributed by atoms with E-state index < -0.39 is 0 Å². The quantitative estimate of drug-likeness (QED) is 0.875. The molecule has 0 amide bonds. The first-order valence-corrected chi connectivity index (χ1v) is 4.59. The minimum atomic E-state index is 0.422. The highest BCUT2D eigenvalue weighted by molar-refractivity contribution is 9.10. The molecule has 1 rings (SSSR count). The first-order valence-electron chi connectivity index (χ1n) is 3.80. The first-order chi connectivity index (χ1) is 6.27. The molecule has 0 aliphatic carbocycles. The molecule has 3 nitrogen and oxygen atoms in total. The molecule has 1 aromatic carbocycles. The molecule has 0 heterocycles. The second-order valence-electron chi connectivity index (χ2n) is 2.39. The van der Waals surface area contributed by atoms with Crippen LogP contribution >= 0.6 is 15.9 Å². The minimum absolute atomic E-state index is 0.422. The Morgan fingerprint density at radius 3 is 2.92 bits per heavy atom. The van der Waals surface area contributed by atoms with Gasteiger partial charge in [0.2, 0.25) is 0 Å². The van der Waals surface area contributed by atoms with Gasteiger partial charge in [-0.3, -0.25) is 0 Å². The molecule has 0 radical (unpaired) electrons. The smallest absolute Gasteiger partial charge is 0.138 e. The maximum atomic E-state index is 8.73. The summed E-state index contributed by atoms with van der Waals surface area (Å²) in [6, 6.07) is 7.31. The number of hydrogen-bond donors (Lipinski definition) is 1. The molecule has 4 heteroatoms. The molecule has 0 aliphatic rings. The summed E-state index contributed by atoms with van der Waals surface area (Å²) in [7, 11) is 0. The van der Waals surface area contributed by atoms with Gasteiger partial charge in [0.05, 0.1) is 5.56 Å². The summed E-state index contributed by atoms with van der Waals surface area (Å²) >= 11 is 3.30. The van der Waals surface area contributed by atoms with Crippen molar-refractivity contribution < 1.29 is 4.74 Å². The Balaban J connectivity index is 2.89. The van der Waals surface area contributed by atoms with E-state index in [1.54, 1.807) is 18.2 Å². The summed E-state index contributed by atoms with van der Waals surface area (Å²) < 4.78 is 6.17. The van der Waals surface area contributed by atoms with Crippen LogP contribution in [0.4, 0.5) is 0 Å². The average Bonchev–Trinajstić information content (AvgIpc) is 2.15. The number of nitrogens with two attached hydrogens (primary N) is 1. The molecule has 0 bridgehead atoms. The Bertz CT molecular complexity index is 333. The van der Waals surface area contributed by atoms with E-state index in [9.17, 15) is 0 Å². The fraction of sp³-hybridized carbons (Fsp3) is 0.222. The lowest BCUT2D eigenvalue weighted by molar-refractivity contribution is 0.327. The number of benzene rings is 1. The zero-order valence-electron chi connectivity index (χ0n) is 6.96. The zero-order chi connectivity index (χ0) is 9.68. The topological polar surface area (TPSA) is 59.0 Å². The predicted molar refractivity (Wildman–Crippen MR) is 53.4 cm³/mol. The van der Waals surface area contributed by atoms with Crippen LogP contribution in [0.5, 0.6) is 5.75 Å². The van der Waals surface area contributed by atoms with Gasteiger partial charge in [0.25, 0.3) is 0 Å². The van der Waals surface area contributed by atoms with Crippen molar-refractivity contribution in [2.45, 2.75) is 0 Å². The minimum Gasteiger partial charge on any atom is -0.491 e. The van der Waals surface area contributed by atoms with Gasteiger partial charge in [-0.2, -0.15) is 5.26 Å². The third-order valence-electron chi connectivity index (χ3n) is 1.44. The summed E-state index contributed by atoms with van der Waals surface area (Å²) in [5.74, 6) is 0.572. The summed E-state index contributed by atoms with van der Waals surface area (Å²) in [5, 5.41) is 8.73. The molecule has 0 saturated carbocycles. The third-order valence-corrected chi connectivity index (χ3v) is 1.93. The number of rotatable bonds is 3. The number of hydrogen-bond acceptors (Lipinski definition) is 3. The van der Waals surface area contributed by atoms with Crippen molar-refractivity contribution in [1.82, 2.24) is 0 Å². The normalized spacial score (nSPS) is 9.31. The highest BCUT2D eigenvalue weighted by Crippen LogP contribution is 2.22. The van der Waals surface area contributed by atoms with Crippen LogP contribution in [0.2, 0.25) is 0 Å². The molecular formula is C9H9BrN2O. The molecule has 0 aromatic heterocycles. The van der Waals surface area contributed by atoms with Crippen LogP contribution in [-0.2, 0) is 0 Å². The molecule has 1 aromatic rings. The van der Waals surface area contributed by atoms with Gasteiger partial charge in [0, 0.05) is 11.0 Å². The Kier molecular flexibility index (Phi) is 3.74. The van der Waals surface area contributed by atoms with E-state index in [4.69, 9.17) is 15.7 Å². The van der Waals surface area contributed by atoms with Gasteiger partial charge >= 0.3 is 0 Å². The van der Waals surface area contributed by atoms with E-state index in [-0.39, 0.29) is 0 Å². The lowest BCUT2D eigenvalue weighted by atomic mass is 10.2. The van der Waals surface area contributed by atoms with Crippen molar-refractivity contribution in [2.24, 2.45) is 5.73 Å². The predicted octanol–water partition coefficient (Wildman–Crippen LogP) is 1.66. The van der Waals surface area contributed by atoms with Crippen molar-refractivity contribution in [3.63, 3.8) is 0 Å². The zero-order valence-corrected chi connectivity index (χ0v) is 8.54. The molecule has 2 N–H and O–H groups in total. The van der Waals surface area contributed by atoms with Crippen molar-refractivity contribution in [1.29, 1.82) is 5.26 Å². The average molecular weight is 241 g/mol. The van der Waals surface area contributed by atoms with Gasteiger partial charge in [0.15, 0.2) is 0 Å².